The molecule has 116 valence electrons. The number of rotatable bonds is 4. The molecule has 1 atom stereocenters. The van der Waals surface area contributed by atoms with Gasteiger partial charge in [-0.25, -0.2) is 4.79 Å². The number of ether oxygens (including phenoxy) is 3. The molecule has 1 fully saturated rings. The first-order valence-corrected chi connectivity index (χ1v) is 6.41. The van der Waals surface area contributed by atoms with Gasteiger partial charge in [0.15, 0.2) is 5.41 Å². The quantitative estimate of drug-likeness (QED) is 0.324. The number of methoxy groups -OCH3 is 3. The number of hydrogen-bond acceptors (Lipinski definition) is 6. The summed E-state index contributed by atoms with van der Waals surface area (Å²) in [7, 11) is 3.64. The lowest BCUT2D eigenvalue weighted by molar-refractivity contribution is -0.173. The summed E-state index contributed by atoms with van der Waals surface area (Å²) in [6.07, 6.45) is 5.09. The van der Waals surface area contributed by atoms with Crippen LogP contribution in [0.3, 0.4) is 0 Å². The van der Waals surface area contributed by atoms with Gasteiger partial charge in [0.05, 0.1) is 21.3 Å². The highest BCUT2D eigenvalue weighted by Crippen LogP contribution is 2.40. The molecule has 1 amide bonds. The van der Waals surface area contributed by atoms with Gasteiger partial charge in [-0.3, -0.25) is 9.59 Å². The molecule has 0 aromatic carbocycles. The Bertz CT molecular complexity index is 451. The summed E-state index contributed by atoms with van der Waals surface area (Å²) in [4.78, 5) is 37.4. The number of nitrogens with zero attached hydrogens (tertiary/aromatic N) is 1. The second kappa shape index (κ2) is 6.97. The fraction of sp³-hybridized carbons (Fsp3) is 0.643. The summed E-state index contributed by atoms with van der Waals surface area (Å²) < 4.78 is 14.2. The predicted molar refractivity (Wildman–Crippen MR) is 72.0 cm³/mol. The van der Waals surface area contributed by atoms with Crippen LogP contribution in [-0.4, -0.2) is 57.4 Å². The smallest absolute Gasteiger partial charge is 0.409 e. The average molecular weight is 297 g/mol. The number of amides is 1. The molecule has 0 saturated carbocycles. The number of carbonyl (C=O) groups is 3. The van der Waals surface area contributed by atoms with Crippen molar-refractivity contribution >= 4 is 18.0 Å². The fourth-order valence-corrected chi connectivity index (χ4v) is 2.69. The number of carbonyl (C=O) groups excluding carboxylic acids is 3. The Labute approximate surface area is 123 Å². The molecule has 1 aliphatic heterocycles. The Kier molecular flexibility index (Phi) is 5.59. The Morgan fingerprint density at radius 1 is 1.19 bits per heavy atom. The van der Waals surface area contributed by atoms with Gasteiger partial charge in [0.1, 0.15) is 0 Å². The molecule has 7 heteroatoms. The van der Waals surface area contributed by atoms with Crippen molar-refractivity contribution in [2.24, 2.45) is 11.3 Å². The summed E-state index contributed by atoms with van der Waals surface area (Å²) in [6, 6.07) is 0. The zero-order valence-corrected chi connectivity index (χ0v) is 12.4. The molecular weight excluding hydrogens is 278 g/mol. The molecule has 0 spiro atoms. The minimum absolute atomic E-state index is 0.147. The summed E-state index contributed by atoms with van der Waals surface area (Å²) in [5, 5.41) is 0. The lowest BCUT2D eigenvalue weighted by Crippen LogP contribution is -2.48. The Hall–Kier alpha value is -2.23. The van der Waals surface area contributed by atoms with Crippen LogP contribution in [-0.2, 0) is 23.8 Å². The first-order valence-electron chi connectivity index (χ1n) is 6.41. The van der Waals surface area contributed by atoms with Crippen molar-refractivity contribution in [3.8, 4) is 12.3 Å². The topological polar surface area (TPSA) is 82.1 Å². The highest BCUT2D eigenvalue weighted by atomic mass is 16.5. The lowest BCUT2D eigenvalue weighted by atomic mass is 9.72. The number of esters is 2. The molecule has 0 bridgehead atoms. The van der Waals surface area contributed by atoms with Crippen LogP contribution in [0.25, 0.3) is 0 Å². The summed E-state index contributed by atoms with van der Waals surface area (Å²) in [5.74, 6) is 0.366. The maximum atomic E-state index is 12.2. The van der Waals surface area contributed by atoms with Crippen molar-refractivity contribution in [1.82, 2.24) is 4.90 Å². The van der Waals surface area contributed by atoms with Crippen molar-refractivity contribution in [1.29, 1.82) is 0 Å². The molecule has 1 aliphatic rings. The van der Waals surface area contributed by atoms with Crippen LogP contribution in [0.4, 0.5) is 4.79 Å². The minimum Gasteiger partial charge on any atom is -0.468 e. The van der Waals surface area contributed by atoms with Crippen molar-refractivity contribution in [3.05, 3.63) is 0 Å². The molecule has 0 radical (unpaired) electrons. The number of terminal acetylenes is 1. The Balaban J connectivity index is 3.13. The average Bonchev–Trinajstić information content (AvgIpc) is 3.00. The molecule has 21 heavy (non-hydrogen) atoms. The van der Waals surface area contributed by atoms with E-state index in [1.165, 1.54) is 26.2 Å². The largest absolute Gasteiger partial charge is 0.468 e. The zero-order chi connectivity index (χ0) is 16.0. The molecule has 0 N–H and O–H groups in total. The Morgan fingerprint density at radius 3 is 2.19 bits per heavy atom. The van der Waals surface area contributed by atoms with E-state index in [4.69, 9.17) is 15.9 Å². The van der Waals surface area contributed by atoms with Crippen LogP contribution in [0.2, 0.25) is 0 Å². The van der Waals surface area contributed by atoms with E-state index in [2.05, 4.69) is 10.7 Å². The lowest BCUT2D eigenvalue weighted by Gasteiger charge is -2.31. The SMILES string of the molecule is C#CCC(C(=O)OC)(C(=O)OC)C1CCN(C(=O)OC)C1. The van der Waals surface area contributed by atoms with Crippen molar-refractivity contribution in [3.63, 3.8) is 0 Å². The van der Waals surface area contributed by atoms with Crippen molar-refractivity contribution < 1.29 is 28.6 Å². The summed E-state index contributed by atoms with van der Waals surface area (Å²) >= 11 is 0. The maximum absolute atomic E-state index is 12.2. The molecule has 1 heterocycles. The van der Waals surface area contributed by atoms with E-state index in [1.807, 2.05) is 0 Å². The van der Waals surface area contributed by atoms with Gasteiger partial charge in [0.2, 0.25) is 0 Å². The highest BCUT2D eigenvalue weighted by Gasteiger charge is 2.56. The van der Waals surface area contributed by atoms with Crippen LogP contribution in [0, 0.1) is 23.7 Å². The van der Waals surface area contributed by atoms with E-state index in [0.29, 0.717) is 13.0 Å². The van der Waals surface area contributed by atoms with Gasteiger partial charge in [-0.15, -0.1) is 12.3 Å². The summed E-state index contributed by atoms with van der Waals surface area (Å²) in [6.45, 7) is 0.552. The van der Waals surface area contributed by atoms with Crippen LogP contribution in [0.5, 0.6) is 0 Å². The van der Waals surface area contributed by atoms with Crippen LogP contribution in [0.1, 0.15) is 12.8 Å². The van der Waals surface area contributed by atoms with Crippen LogP contribution >= 0.6 is 0 Å². The monoisotopic (exact) mass is 297 g/mol. The third-order valence-corrected chi connectivity index (χ3v) is 3.80. The van der Waals surface area contributed by atoms with E-state index in [-0.39, 0.29) is 13.0 Å². The van der Waals surface area contributed by atoms with Gasteiger partial charge >= 0.3 is 18.0 Å². The number of likely N-dealkylation sites (tertiary alicyclic amines) is 1. The van der Waals surface area contributed by atoms with Gasteiger partial charge in [-0.05, 0) is 6.42 Å². The molecule has 0 aromatic rings. The highest BCUT2D eigenvalue weighted by molar-refractivity contribution is 6.01. The zero-order valence-electron chi connectivity index (χ0n) is 12.4. The van der Waals surface area contributed by atoms with Crippen molar-refractivity contribution in [2.75, 3.05) is 34.4 Å². The van der Waals surface area contributed by atoms with Gasteiger partial charge < -0.3 is 19.1 Å². The molecule has 7 nitrogen and oxygen atoms in total. The third-order valence-electron chi connectivity index (χ3n) is 3.80. The molecule has 1 unspecified atom stereocenters. The van der Waals surface area contributed by atoms with E-state index in [0.717, 1.165) is 0 Å². The normalized spacial score (nSPS) is 17.8. The van der Waals surface area contributed by atoms with Gasteiger partial charge in [0.25, 0.3) is 0 Å². The molecular formula is C14H19NO6. The second-order valence-corrected chi connectivity index (χ2v) is 4.74. The maximum Gasteiger partial charge on any atom is 0.409 e. The molecule has 1 saturated heterocycles. The first-order chi connectivity index (χ1) is 9.97. The Morgan fingerprint density at radius 2 is 1.76 bits per heavy atom. The third kappa shape index (κ3) is 2.94. The van der Waals surface area contributed by atoms with Crippen LogP contribution < -0.4 is 0 Å². The van der Waals surface area contributed by atoms with Gasteiger partial charge in [-0.2, -0.15) is 0 Å². The molecule has 0 aromatic heterocycles. The van der Waals surface area contributed by atoms with Gasteiger partial charge in [0, 0.05) is 25.4 Å². The molecule has 1 rings (SSSR count). The number of hydrogen-bond donors (Lipinski definition) is 0. The van der Waals surface area contributed by atoms with E-state index >= 15 is 0 Å². The first kappa shape index (κ1) is 16.8. The van der Waals surface area contributed by atoms with E-state index in [9.17, 15) is 14.4 Å². The molecule has 0 aliphatic carbocycles. The predicted octanol–water partition coefficient (Wildman–Crippen LogP) is 0.430. The van der Waals surface area contributed by atoms with Gasteiger partial charge in [-0.1, -0.05) is 0 Å². The minimum atomic E-state index is -1.60. The van der Waals surface area contributed by atoms with Crippen LogP contribution in [0.15, 0.2) is 0 Å². The van der Waals surface area contributed by atoms with E-state index in [1.54, 1.807) is 0 Å². The fourth-order valence-electron chi connectivity index (χ4n) is 2.69. The summed E-state index contributed by atoms with van der Waals surface area (Å²) in [5.41, 5.74) is -1.60. The van der Waals surface area contributed by atoms with E-state index < -0.39 is 29.4 Å². The second-order valence-electron chi connectivity index (χ2n) is 4.74. The standard InChI is InChI=1S/C14H19NO6/c1-5-7-14(11(16)19-2,12(17)20-3)10-6-8-15(9-10)13(18)21-4/h1,10H,6-9H2,2-4H3. The van der Waals surface area contributed by atoms with Crippen molar-refractivity contribution in [2.45, 2.75) is 12.8 Å².